The highest BCUT2D eigenvalue weighted by atomic mass is 32.2. The largest absolute Gasteiger partial charge is 0.493 e. The van der Waals surface area contributed by atoms with Crippen LogP contribution in [0.2, 0.25) is 0 Å². The van der Waals surface area contributed by atoms with Gasteiger partial charge < -0.3 is 9.84 Å². The molecule has 0 spiro atoms. The number of rotatable bonds is 5. The summed E-state index contributed by atoms with van der Waals surface area (Å²) in [6, 6.07) is 7.53. The van der Waals surface area contributed by atoms with Gasteiger partial charge in [-0.1, -0.05) is 41.0 Å². The highest BCUT2D eigenvalue weighted by molar-refractivity contribution is 8.01. The maximum absolute atomic E-state index is 8.66. The molecule has 0 aliphatic heterocycles. The molecule has 0 aliphatic carbocycles. The van der Waals surface area contributed by atoms with Gasteiger partial charge in [-0.05, 0) is 25.1 Å². The van der Waals surface area contributed by atoms with Gasteiger partial charge >= 0.3 is 0 Å². The van der Waals surface area contributed by atoms with Crippen molar-refractivity contribution in [3.05, 3.63) is 34.8 Å². The van der Waals surface area contributed by atoms with Crippen molar-refractivity contribution in [1.82, 2.24) is 10.2 Å². The van der Waals surface area contributed by atoms with Gasteiger partial charge in [0.1, 0.15) is 17.4 Å². The van der Waals surface area contributed by atoms with Crippen molar-refractivity contribution in [2.45, 2.75) is 11.3 Å². The van der Waals surface area contributed by atoms with E-state index in [1.807, 2.05) is 31.2 Å². The van der Waals surface area contributed by atoms with Crippen LogP contribution < -0.4 is 4.74 Å². The molecule has 0 amide bonds. The third kappa shape index (κ3) is 4.85. The summed E-state index contributed by atoms with van der Waals surface area (Å²) in [6.45, 7) is 2.40. The first kappa shape index (κ1) is 14.9. The molecule has 0 atom stereocenters. The number of aryl methyl sites for hydroxylation is 1. The first-order valence-corrected chi connectivity index (χ1v) is 7.83. The van der Waals surface area contributed by atoms with E-state index in [0.717, 1.165) is 26.4 Å². The second kappa shape index (κ2) is 7.90. The summed E-state index contributed by atoms with van der Waals surface area (Å²) in [4.78, 5) is 0. The Morgan fingerprint density at radius 2 is 2.30 bits per heavy atom. The summed E-state index contributed by atoms with van der Waals surface area (Å²) in [6.07, 6.45) is 0. The molecule has 0 saturated heterocycles. The van der Waals surface area contributed by atoms with Crippen LogP contribution in [0.4, 0.5) is 0 Å². The van der Waals surface area contributed by atoms with Gasteiger partial charge in [-0.2, -0.15) is 0 Å². The maximum Gasteiger partial charge on any atom is 0.174 e. The van der Waals surface area contributed by atoms with Crippen LogP contribution in [0.5, 0.6) is 5.75 Å². The Morgan fingerprint density at radius 1 is 1.40 bits per heavy atom. The van der Waals surface area contributed by atoms with Crippen LogP contribution in [0.1, 0.15) is 10.6 Å². The smallest absolute Gasteiger partial charge is 0.174 e. The molecule has 1 aromatic carbocycles. The number of hydrogen-bond acceptors (Lipinski definition) is 6. The van der Waals surface area contributed by atoms with Gasteiger partial charge in [0.2, 0.25) is 0 Å². The van der Waals surface area contributed by atoms with Crippen molar-refractivity contribution in [2.75, 3.05) is 19.0 Å². The average molecular weight is 306 g/mol. The monoisotopic (exact) mass is 306 g/mol. The van der Waals surface area contributed by atoms with E-state index >= 15 is 0 Å². The lowest BCUT2D eigenvalue weighted by Crippen LogP contribution is -2.00. The number of thioether (sulfide) groups is 1. The number of hydrogen-bond donors (Lipinski definition) is 1. The zero-order valence-electron chi connectivity index (χ0n) is 11.0. The minimum Gasteiger partial charge on any atom is -0.493 e. The van der Waals surface area contributed by atoms with E-state index in [-0.39, 0.29) is 6.61 Å². The number of aliphatic hydroxyl groups is 1. The molecule has 1 aromatic heterocycles. The molecule has 2 aromatic rings. The Hall–Kier alpha value is -1.55. The molecule has 0 saturated carbocycles. The fourth-order valence-corrected chi connectivity index (χ4v) is 3.13. The van der Waals surface area contributed by atoms with Crippen molar-refractivity contribution >= 4 is 23.1 Å². The molecule has 6 heteroatoms. The molecular weight excluding hydrogens is 292 g/mol. The molecule has 0 unspecified atom stereocenters. The van der Waals surface area contributed by atoms with E-state index < -0.39 is 0 Å². The molecule has 2 rings (SSSR count). The van der Waals surface area contributed by atoms with Crippen LogP contribution in [0.25, 0.3) is 0 Å². The van der Waals surface area contributed by atoms with Gasteiger partial charge in [0.15, 0.2) is 4.34 Å². The fraction of sp³-hybridized carbons (Fsp3) is 0.286. The molecule has 1 N–H and O–H groups in total. The summed E-state index contributed by atoms with van der Waals surface area (Å²) in [7, 11) is 0. The normalized spacial score (nSPS) is 9.90. The van der Waals surface area contributed by atoms with Crippen LogP contribution in [0.15, 0.2) is 28.6 Å². The highest BCUT2D eigenvalue weighted by Gasteiger charge is 2.01. The molecule has 4 nitrogen and oxygen atoms in total. The van der Waals surface area contributed by atoms with Crippen LogP contribution in [-0.2, 0) is 0 Å². The first-order chi connectivity index (χ1) is 9.78. The summed E-state index contributed by atoms with van der Waals surface area (Å²) >= 11 is 3.23. The van der Waals surface area contributed by atoms with Gasteiger partial charge in [-0.25, -0.2) is 0 Å². The first-order valence-electron chi connectivity index (χ1n) is 6.03. The van der Waals surface area contributed by atoms with Crippen LogP contribution in [0.3, 0.4) is 0 Å². The molecule has 0 radical (unpaired) electrons. The Bertz CT molecular complexity index is 617. The van der Waals surface area contributed by atoms with E-state index in [4.69, 9.17) is 9.84 Å². The number of ether oxygens (including phenoxy) is 1. The summed E-state index contributed by atoms with van der Waals surface area (Å²) in [5.41, 5.74) is 0.837. The van der Waals surface area contributed by atoms with Gasteiger partial charge in [0.25, 0.3) is 0 Å². The van der Waals surface area contributed by atoms with E-state index in [0.29, 0.717) is 6.61 Å². The zero-order valence-corrected chi connectivity index (χ0v) is 12.6. The fourth-order valence-electron chi connectivity index (χ4n) is 1.43. The van der Waals surface area contributed by atoms with Crippen molar-refractivity contribution in [2.24, 2.45) is 0 Å². The van der Waals surface area contributed by atoms with Gasteiger partial charge in [0, 0.05) is 11.3 Å². The standard InChI is InChI=1S/C14H14N2O2S2/c1-11-15-16-14(20-11)19-9-8-18-13-6-2-4-12(10-13)5-3-7-17/h2,4,6,10,17H,7-9H2,1H3. The molecule has 1 heterocycles. The Morgan fingerprint density at radius 3 is 3.05 bits per heavy atom. The maximum atomic E-state index is 8.66. The third-order valence-corrected chi connectivity index (χ3v) is 4.17. The minimum absolute atomic E-state index is 0.136. The van der Waals surface area contributed by atoms with E-state index in [1.54, 1.807) is 23.1 Å². The second-order valence-electron chi connectivity index (χ2n) is 3.77. The number of aromatic nitrogens is 2. The quantitative estimate of drug-likeness (QED) is 0.522. The Labute approximate surface area is 126 Å². The zero-order chi connectivity index (χ0) is 14.2. The highest BCUT2D eigenvalue weighted by Crippen LogP contribution is 2.21. The predicted molar refractivity (Wildman–Crippen MR) is 81.3 cm³/mol. The van der Waals surface area contributed by atoms with Crippen molar-refractivity contribution in [1.29, 1.82) is 0 Å². The number of aliphatic hydroxyl groups excluding tert-OH is 1. The molecule has 20 heavy (non-hydrogen) atoms. The lowest BCUT2D eigenvalue weighted by molar-refractivity contribution is 0.344. The van der Waals surface area contributed by atoms with Gasteiger partial charge in [-0.3, -0.25) is 0 Å². The molecule has 0 fully saturated rings. The SMILES string of the molecule is Cc1nnc(SCCOc2cccc(C#CCO)c2)s1. The molecule has 0 aliphatic rings. The topological polar surface area (TPSA) is 55.2 Å². The van der Waals surface area contributed by atoms with E-state index in [2.05, 4.69) is 22.0 Å². The van der Waals surface area contributed by atoms with Crippen LogP contribution >= 0.6 is 23.1 Å². The number of nitrogens with zero attached hydrogens (tertiary/aromatic N) is 2. The van der Waals surface area contributed by atoms with E-state index in [1.165, 1.54) is 0 Å². The summed E-state index contributed by atoms with van der Waals surface area (Å²) in [5.74, 6) is 7.07. The van der Waals surface area contributed by atoms with E-state index in [9.17, 15) is 0 Å². The average Bonchev–Trinajstić information content (AvgIpc) is 2.87. The van der Waals surface area contributed by atoms with Crippen molar-refractivity contribution in [3.63, 3.8) is 0 Å². The van der Waals surface area contributed by atoms with Crippen molar-refractivity contribution in [3.8, 4) is 17.6 Å². The lowest BCUT2D eigenvalue weighted by Gasteiger charge is -2.05. The Kier molecular flexibility index (Phi) is 5.87. The molecule has 0 bridgehead atoms. The van der Waals surface area contributed by atoms with Crippen LogP contribution in [0, 0.1) is 18.8 Å². The van der Waals surface area contributed by atoms with Gasteiger partial charge in [0.05, 0.1) is 6.61 Å². The lowest BCUT2D eigenvalue weighted by atomic mass is 10.2. The predicted octanol–water partition coefficient (Wildman–Crippen LogP) is 2.36. The second-order valence-corrected chi connectivity index (χ2v) is 6.30. The van der Waals surface area contributed by atoms with Crippen LogP contribution in [-0.4, -0.2) is 34.3 Å². The Balaban J connectivity index is 1.79. The third-order valence-electron chi connectivity index (χ3n) is 2.23. The molecule has 104 valence electrons. The van der Waals surface area contributed by atoms with Crippen molar-refractivity contribution < 1.29 is 9.84 Å². The summed E-state index contributed by atoms with van der Waals surface area (Å²) < 4.78 is 6.63. The van der Waals surface area contributed by atoms with Gasteiger partial charge in [-0.15, -0.1) is 10.2 Å². The summed E-state index contributed by atoms with van der Waals surface area (Å²) in [5, 5.41) is 17.6. The number of benzene rings is 1. The molecular formula is C14H14N2O2S2. The minimum atomic E-state index is -0.136.